The summed E-state index contributed by atoms with van der Waals surface area (Å²) in [4.78, 5) is 27.3. The van der Waals surface area contributed by atoms with Crippen LogP contribution in [0, 0.1) is 0 Å². The second-order valence-corrected chi connectivity index (χ2v) is 4.89. The largest absolute Gasteiger partial charge is 0.478 e. The van der Waals surface area contributed by atoms with Gasteiger partial charge in [-0.3, -0.25) is 9.69 Å². The molecule has 1 saturated heterocycles. The fraction of sp³-hybridized carbons (Fsp3) is 0.429. The Labute approximate surface area is 112 Å². The molecule has 19 heavy (non-hydrogen) atoms. The van der Waals surface area contributed by atoms with Crippen molar-refractivity contribution in [1.29, 1.82) is 0 Å². The second-order valence-electron chi connectivity index (χ2n) is 4.89. The lowest BCUT2D eigenvalue weighted by Crippen LogP contribution is -2.46. The van der Waals surface area contributed by atoms with E-state index in [1.807, 2.05) is 0 Å². The predicted molar refractivity (Wildman–Crippen MR) is 71.7 cm³/mol. The first-order valence-electron chi connectivity index (χ1n) is 6.34. The predicted octanol–water partition coefficient (Wildman–Crippen LogP) is 0.815. The highest BCUT2D eigenvalue weighted by atomic mass is 16.4. The number of hydrogen-bond donors (Lipinski definition) is 1. The summed E-state index contributed by atoms with van der Waals surface area (Å²) >= 11 is 0. The van der Waals surface area contributed by atoms with Gasteiger partial charge < -0.3 is 10.0 Å². The van der Waals surface area contributed by atoms with Gasteiger partial charge in [-0.1, -0.05) is 12.1 Å². The fourth-order valence-electron chi connectivity index (χ4n) is 2.13. The average Bonchev–Trinajstić information content (AvgIpc) is 2.41. The van der Waals surface area contributed by atoms with Crippen LogP contribution in [0.5, 0.6) is 0 Å². The van der Waals surface area contributed by atoms with E-state index >= 15 is 0 Å². The van der Waals surface area contributed by atoms with Crippen LogP contribution in [-0.4, -0.2) is 66.4 Å². The first-order valence-corrected chi connectivity index (χ1v) is 6.34. The van der Waals surface area contributed by atoms with Gasteiger partial charge in [0.25, 0.3) is 0 Å². The van der Waals surface area contributed by atoms with Crippen LogP contribution in [0.1, 0.15) is 20.7 Å². The smallest absolute Gasteiger partial charge is 0.335 e. The average molecular weight is 262 g/mol. The highest BCUT2D eigenvalue weighted by Gasteiger charge is 2.18. The molecule has 0 aromatic heterocycles. The minimum Gasteiger partial charge on any atom is -0.478 e. The summed E-state index contributed by atoms with van der Waals surface area (Å²) in [6, 6.07) is 6.22. The molecule has 102 valence electrons. The van der Waals surface area contributed by atoms with Crippen molar-refractivity contribution in [2.75, 3.05) is 39.8 Å². The topological polar surface area (TPSA) is 60.9 Å². The number of aromatic carboxylic acids is 1. The van der Waals surface area contributed by atoms with Gasteiger partial charge in [-0.2, -0.15) is 0 Å². The molecule has 1 aliphatic heterocycles. The number of rotatable bonds is 4. The third kappa shape index (κ3) is 3.62. The number of ketones is 1. The zero-order valence-electron chi connectivity index (χ0n) is 11.0. The van der Waals surface area contributed by atoms with E-state index in [4.69, 9.17) is 5.11 Å². The normalized spacial score (nSPS) is 17.3. The highest BCUT2D eigenvalue weighted by Crippen LogP contribution is 2.08. The number of Topliss-reactive ketones (excluding diaryl/α,β-unsaturated/α-hetero) is 1. The van der Waals surface area contributed by atoms with Crippen LogP contribution in [0.3, 0.4) is 0 Å². The number of carbonyl (C=O) groups is 2. The highest BCUT2D eigenvalue weighted by molar-refractivity contribution is 6.00. The molecule has 1 aliphatic rings. The molecule has 1 heterocycles. The Balaban J connectivity index is 2.00. The number of carboxylic acid groups (broad SMARTS) is 1. The van der Waals surface area contributed by atoms with Gasteiger partial charge in [-0.25, -0.2) is 4.79 Å². The number of carboxylic acids is 1. The minimum absolute atomic E-state index is 0.0207. The monoisotopic (exact) mass is 262 g/mol. The number of piperazine rings is 1. The molecule has 0 atom stereocenters. The Morgan fingerprint density at radius 2 is 1.79 bits per heavy atom. The van der Waals surface area contributed by atoms with Crippen LogP contribution in [0.15, 0.2) is 24.3 Å². The molecule has 0 amide bonds. The summed E-state index contributed by atoms with van der Waals surface area (Å²) < 4.78 is 0. The molecule has 0 saturated carbocycles. The minimum atomic E-state index is -1.01. The molecule has 0 unspecified atom stereocenters. The fourth-order valence-corrected chi connectivity index (χ4v) is 2.13. The van der Waals surface area contributed by atoms with Gasteiger partial charge in [0.2, 0.25) is 0 Å². The summed E-state index contributed by atoms with van der Waals surface area (Å²) in [6.45, 7) is 4.03. The van der Waals surface area contributed by atoms with Gasteiger partial charge in [0.05, 0.1) is 12.1 Å². The van der Waals surface area contributed by atoms with Crippen LogP contribution in [0.2, 0.25) is 0 Å². The van der Waals surface area contributed by atoms with Crippen LogP contribution in [0.4, 0.5) is 0 Å². The van der Waals surface area contributed by atoms with E-state index in [2.05, 4.69) is 16.8 Å². The van der Waals surface area contributed by atoms with Gasteiger partial charge in [-0.05, 0) is 19.2 Å². The molecule has 1 fully saturated rings. The Bertz CT molecular complexity index is 479. The van der Waals surface area contributed by atoms with Crippen LogP contribution in [0.25, 0.3) is 0 Å². The van der Waals surface area contributed by atoms with Gasteiger partial charge >= 0.3 is 5.97 Å². The molecule has 0 radical (unpaired) electrons. The van der Waals surface area contributed by atoms with Crippen molar-refractivity contribution in [3.8, 4) is 0 Å². The third-order valence-corrected chi connectivity index (χ3v) is 3.39. The lowest BCUT2D eigenvalue weighted by molar-refractivity contribution is 0.0697. The van der Waals surface area contributed by atoms with E-state index in [9.17, 15) is 9.59 Å². The Morgan fingerprint density at radius 3 is 2.42 bits per heavy atom. The number of nitrogens with zero attached hydrogens (tertiary/aromatic N) is 2. The first kappa shape index (κ1) is 13.7. The SMILES string of the molecule is CN1CCN(CC(=O)c2cccc(C(=O)O)c2)CC1. The summed E-state index contributed by atoms with van der Waals surface area (Å²) in [5.41, 5.74) is 0.628. The first-order chi connectivity index (χ1) is 9.06. The van der Waals surface area contributed by atoms with Gasteiger partial charge in [-0.15, -0.1) is 0 Å². The van der Waals surface area contributed by atoms with Gasteiger partial charge in [0, 0.05) is 31.7 Å². The summed E-state index contributed by atoms with van der Waals surface area (Å²) in [7, 11) is 2.06. The lowest BCUT2D eigenvalue weighted by atomic mass is 10.1. The molecule has 5 nitrogen and oxygen atoms in total. The maximum Gasteiger partial charge on any atom is 0.335 e. The van der Waals surface area contributed by atoms with Crippen LogP contribution in [-0.2, 0) is 0 Å². The molecule has 5 heteroatoms. The van der Waals surface area contributed by atoms with Crippen molar-refractivity contribution in [2.24, 2.45) is 0 Å². The zero-order valence-corrected chi connectivity index (χ0v) is 11.0. The summed E-state index contributed by atoms with van der Waals surface area (Å²) in [6.07, 6.45) is 0. The molecular formula is C14H18N2O3. The molecule has 0 aliphatic carbocycles. The van der Waals surface area contributed by atoms with Gasteiger partial charge in [0.15, 0.2) is 5.78 Å². The number of likely N-dealkylation sites (N-methyl/N-ethyl adjacent to an activating group) is 1. The molecule has 1 aromatic carbocycles. The number of carbonyl (C=O) groups excluding carboxylic acids is 1. The van der Waals surface area contributed by atoms with E-state index in [1.54, 1.807) is 12.1 Å². The third-order valence-electron chi connectivity index (χ3n) is 3.39. The van der Waals surface area contributed by atoms with Crippen molar-refractivity contribution in [2.45, 2.75) is 0 Å². The van der Waals surface area contributed by atoms with E-state index in [0.717, 1.165) is 26.2 Å². The van der Waals surface area contributed by atoms with E-state index < -0.39 is 5.97 Å². The van der Waals surface area contributed by atoms with E-state index in [-0.39, 0.29) is 11.3 Å². The quantitative estimate of drug-likeness (QED) is 0.814. The number of benzene rings is 1. The maximum atomic E-state index is 12.1. The molecular weight excluding hydrogens is 244 g/mol. The van der Waals surface area contributed by atoms with E-state index in [0.29, 0.717) is 12.1 Å². The summed E-state index contributed by atoms with van der Waals surface area (Å²) in [5.74, 6) is -1.03. The Morgan fingerprint density at radius 1 is 1.16 bits per heavy atom. The van der Waals surface area contributed by atoms with Crippen molar-refractivity contribution >= 4 is 11.8 Å². The molecule has 1 aromatic rings. The molecule has 1 N–H and O–H groups in total. The zero-order chi connectivity index (χ0) is 13.8. The maximum absolute atomic E-state index is 12.1. The Hall–Kier alpha value is -1.72. The molecule has 0 spiro atoms. The van der Waals surface area contributed by atoms with Crippen LogP contribution < -0.4 is 0 Å². The Kier molecular flexibility index (Phi) is 4.29. The van der Waals surface area contributed by atoms with Gasteiger partial charge in [0.1, 0.15) is 0 Å². The standard InChI is InChI=1S/C14H18N2O3/c1-15-5-7-16(8-6-15)10-13(17)11-3-2-4-12(9-11)14(18)19/h2-4,9H,5-8,10H2,1H3,(H,18,19). The van der Waals surface area contributed by atoms with E-state index in [1.165, 1.54) is 12.1 Å². The molecule has 0 bridgehead atoms. The lowest BCUT2D eigenvalue weighted by Gasteiger charge is -2.31. The van der Waals surface area contributed by atoms with Crippen molar-refractivity contribution in [3.63, 3.8) is 0 Å². The second kappa shape index (κ2) is 5.95. The molecule has 2 rings (SSSR count). The van der Waals surface area contributed by atoms with Crippen molar-refractivity contribution in [1.82, 2.24) is 9.80 Å². The van der Waals surface area contributed by atoms with Crippen LogP contribution >= 0.6 is 0 Å². The van der Waals surface area contributed by atoms with Crippen molar-refractivity contribution < 1.29 is 14.7 Å². The summed E-state index contributed by atoms with van der Waals surface area (Å²) in [5, 5.41) is 8.91. The van der Waals surface area contributed by atoms with Crippen molar-refractivity contribution in [3.05, 3.63) is 35.4 Å². The number of hydrogen-bond acceptors (Lipinski definition) is 4.